The first-order valence-corrected chi connectivity index (χ1v) is 3.13. The molecule has 3 atom stereocenters. The number of aliphatic hydroxyl groups excluding tert-OH is 3. The van der Waals surface area contributed by atoms with Gasteiger partial charge in [-0.3, -0.25) is 0 Å². The van der Waals surface area contributed by atoms with E-state index in [2.05, 4.69) is 4.65 Å². The monoisotopic (exact) mass is 148 g/mol. The average Bonchev–Trinajstić information content (AvgIpc) is 1.90. The molecule has 10 heavy (non-hydrogen) atoms. The lowest BCUT2D eigenvalue weighted by Crippen LogP contribution is -2.39. The van der Waals surface area contributed by atoms with E-state index in [4.69, 9.17) is 15.3 Å². The zero-order valence-electron chi connectivity index (χ0n) is 6.19. The van der Waals surface area contributed by atoms with Crippen molar-refractivity contribution < 1.29 is 20.0 Å². The van der Waals surface area contributed by atoms with Crippen LogP contribution in [0, 0.1) is 0 Å². The van der Waals surface area contributed by atoms with Gasteiger partial charge in [-0.2, -0.15) is 0 Å². The van der Waals surface area contributed by atoms with Gasteiger partial charge in [-0.1, -0.05) is 0 Å². The van der Waals surface area contributed by atoms with Gasteiger partial charge < -0.3 is 20.0 Å². The normalized spacial score (nSPS) is 20.0. The molecule has 0 aromatic heterocycles. The average molecular weight is 148 g/mol. The van der Waals surface area contributed by atoms with Gasteiger partial charge >= 0.3 is 0 Å². The molecule has 0 radical (unpaired) electrons. The lowest BCUT2D eigenvalue weighted by Gasteiger charge is -2.21. The van der Waals surface area contributed by atoms with Crippen molar-refractivity contribution in [3.05, 3.63) is 0 Å². The summed E-state index contributed by atoms with van der Waals surface area (Å²) >= 11 is 0. The summed E-state index contributed by atoms with van der Waals surface area (Å²) in [7, 11) is 1.37. The molecule has 0 saturated heterocycles. The molecule has 3 unspecified atom stereocenters. The van der Waals surface area contributed by atoms with Crippen LogP contribution >= 0.6 is 0 Å². The Labute approximate surface area is 60.9 Å². The van der Waals surface area contributed by atoms with Crippen molar-refractivity contribution >= 4 is 8.05 Å². The summed E-state index contributed by atoms with van der Waals surface area (Å²) in [5, 5.41) is 26.4. The zero-order valence-corrected chi connectivity index (χ0v) is 6.19. The molecule has 0 rings (SSSR count). The van der Waals surface area contributed by atoms with E-state index in [9.17, 15) is 0 Å². The van der Waals surface area contributed by atoms with Crippen LogP contribution in [-0.4, -0.2) is 48.3 Å². The van der Waals surface area contributed by atoms with Crippen LogP contribution in [-0.2, 0) is 4.65 Å². The maximum atomic E-state index is 9.05. The Morgan fingerprint density at radius 1 is 1.50 bits per heavy atom. The van der Waals surface area contributed by atoms with Gasteiger partial charge in [0.15, 0.2) is 0 Å². The van der Waals surface area contributed by atoms with E-state index in [1.165, 1.54) is 15.0 Å². The second kappa shape index (κ2) is 4.68. The van der Waals surface area contributed by atoms with Crippen LogP contribution in [0.5, 0.6) is 0 Å². The van der Waals surface area contributed by atoms with Crippen molar-refractivity contribution in [1.82, 2.24) is 0 Å². The number of hydrogen-bond donors (Lipinski definition) is 3. The number of rotatable bonds is 4. The van der Waals surface area contributed by atoms with E-state index in [1.807, 2.05) is 0 Å². The molecule has 0 spiro atoms. The molecule has 0 bridgehead atoms. The maximum Gasteiger partial charge on any atom is 0.257 e. The van der Waals surface area contributed by atoms with Crippen LogP contribution in [0.25, 0.3) is 0 Å². The van der Waals surface area contributed by atoms with E-state index >= 15 is 0 Å². The minimum absolute atomic E-state index is 0.289. The fourth-order valence-corrected chi connectivity index (χ4v) is 0.633. The molecular formula is C5H13BO4. The summed E-state index contributed by atoms with van der Waals surface area (Å²) in [6.45, 7) is 1.15. The predicted octanol–water partition coefficient (Wildman–Crippen LogP) is -2.35. The topological polar surface area (TPSA) is 69.9 Å². The highest BCUT2D eigenvalue weighted by Gasteiger charge is 2.21. The molecule has 5 heteroatoms. The number of aliphatic hydroxyl groups is 3. The Kier molecular flexibility index (Phi) is 4.63. The Morgan fingerprint density at radius 3 is 2.10 bits per heavy atom. The summed E-state index contributed by atoms with van der Waals surface area (Å²) in [6.07, 6.45) is -2.59. The molecule has 0 aliphatic rings. The Morgan fingerprint density at radius 2 is 2.00 bits per heavy atom. The van der Waals surface area contributed by atoms with Gasteiger partial charge in [0.05, 0.1) is 18.8 Å². The van der Waals surface area contributed by atoms with Crippen LogP contribution in [0.4, 0.5) is 0 Å². The van der Waals surface area contributed by atoms with Gasteiger partial charge in [-0.25, -0.2) is 0 Å². The Hall–Kier alpha value is -0.0951. The fourth-order valence-electron chi connectivity index (χ4n) is 0.633. The largest absolute Gasteiger partial charge is 0.436 e. The van der Waals surface area contributed by atoms with E-state index in [1.54, 1.807) is 0 Å². The van der Waals surface area contributed by atoms with Crippen molar-refractivity contribution in [2.75, 3.05) is 6.61 Å². The van der Waals surface area contributed by atoms with E-state index in [-0.39, 0.29) is 6.61 Å². The summed E-state index contributed by atoms with van der Waals surface area (Å²) in [5.41, 5.74) is 0. The minimum atomic E-state index is -1.02. The first-order chi connectivity index (χ1) is 4.63. The maximum absolute atomic E-state index is 9.05. The van der Waals surface area contributed by atoms with Crippen molar-refractivity contribution in [3.8, 4) is 0 Å². The molecular weight excluding hydrogens is 135 g/mol. The molecule has 0 aliphatic carbocycles. The second-order valence-electron chi connectivity index (χ2n) is 2.19. The third kappa shape index (κ3) is 2.66. The molecule has 0 fully saturated rings. The van der Waals surface area contributed by atoms with E-state index < -0.39 is 18.3 Å². The van der Waals surface area contributed by atoms with Crippen LogP contribution in [0.3, 0.4) is 0 Å². The van der Waals surface area contributed by atoms with Crippen LogP contribution < -0.4 is 0 Å². The fraction of sp³-hybridized carbons (Fsp3) is 1.00. The van der Waals surface area contributed by atoms with Crippen molar-refractivity contribution in [2.24, 2.45) is 0 Å². The van der Waals surface area contributed by atoms with Gasteiger partial charge in [0.1, 0.15) is 6.10 Å². The molecule has 0 aromatic carbocycles. The van der Waals surface area contributed by atoms with Crippen molar-refractivity contribution in [2.45, 2.75) is 25.2 Å². The van der Waals surface area contributed by atoms with Gasteiger partial charge in [-0.15, -0.1) is 0 Å². The third-order valence-corrected chi connectivity index (χ3v) is 1.36. The van der Waals surface area contributed by atoms with Gasteiger partial charge in [-0.05, 0) is 6.92 Å². The molecule has 0 saturated carbocycles. The molecule has 0 aromatic rings. The standard InChI is InChI=1S/C5H13BO4/c1-3(8)5(9)4(2-7)10-6/h3-5,7-9H,2,6H2,1H3. The van der Waals surface area contributed by atoms with Crippen LogP contribution in [0.15, 0.2) is 0 Å². The first kappa shape index (κ1) is 9.90. The quantitative estimate of drug-likeness (QED) is 0.390. The van der Waals surface area contributed by atoms with Crippen LogP contribution in [0.2, 0.25) is 0 Å². The molecule has 3 N–H and O–H groups in total. The molecule has 0 heterocycles. The Balaban J connectivity index is 3.76. The van der Waals surface area contributed by atoms with Crippen molar-refractivity contribution in [3.63, 3.8) is 0 Å². The van der Waals surface area contributed by atoms with Gasteiger partial charge in [0.25, 0.3) is 8.05 Å². The molecule has 4 nitrogen and oxygen atoms in total. The highest BCUT2D eigenvalue weighted by Crippen LogP contribution is 2.01. The summed E-state index contributed by atoms with van der Waals surface area (Å²) in [4.78, 5) is 0. The summed E-state index contributed by atoms with van der Waals surface area (Å²) < 4.78 is 4.66. The molecule has 60 valence electrons. The van der Waals surface area contributed by atoms with Gasteiger partial charge in [0, 0.05) is 0 Å². The first-order valence-electron chi connectivity index (χ1n) is 3.13. The van der Waals surface area contributed by atoms with Crippen molar-refractivity contribution in [1.29, 1.82) is 0 Å². The minimum Gasteiger partial charge on any atom is -0.436 e. The Bertz CT molecular complexity index is 83.7. The zero-order chi connectivity index (χ0) is 8.15. The SMILES string of the molecule is BOC(CO)C(O)C(C)O. The molecule has 0 amide bonds. The highest BCUT2D eigenvalue weighted by molar-refractivity contribution is 5.98. The highest BCUT2D eigenvalue weighted by atomic mass is 16.5. The number of hydrogen-bond acceptors (Lipinski definition) is 4. The lowest BCUT2D eigenvalue weighted by atomic mass is 10.1. The molecule has 0 aliphatic heterocycles. The lowest BCUT2D eigenvalue weighted by molar-refractivity contribution is -0.0565. The van der Waals surface area contributed by atoms with E-state index in [0.29, 0.717) is 0 Å². The third-order valence-electron chi connectivity index (χ3n) is 1.36. The smallest absolute Gasteiger partial charge is 0.257 e. The summed E-state index contributed by atoms with van der Waals surface area (Å²) in [6, 6.07) is 0. The summed E-state index contributed by atoms with van der Waals surface area (Å²) in [5.74, 6) is 0. The van der Waals surface area contributed by atoms with E-state index in [0.717, 1.165) is 0 Å². The second-order valence-corrected chi connectivity index (χ2v) is 2.19. The van der Waals surface area contributed by atoms with Crippen LogP contribution in [0.1, 0.15) is 6.92 Å². The predicted molar refractivity (Wildman–Crippen MR) is 38.2 cm³/mol. The van der Waals surface area contributed by atoms with Gasteiger partial charge in [0.2, 0.25) is 0 Å².